The van der Waals surface area contributed by atoms with Gasteiger partial charge in [0.25, 0.3) is 0 Å². The third kappa shape index (κ3) is 6.76. The second-order valence-electron chi connectivity index (χ2n) is 18.1. The van der Waals surface area contributed by atoms with Gasteiger partial charge in [0.2, 0.25) is 0 Å². The summed E-state index contributed by atoms with van der Waals surface area (Å²) in [4.78, 5) is 10.5. The van der Waals surface area contributed by atoms with Crippen molar-refractivity contribution in [3.63, 3.8) is 0 Å². The molecule has 0 aliphatic carbocycles. The largest absolute Gasteiger partial charge is 0.507 e. The highest BCUT2D eigenvalue weighted by molar-refractivity contribution is 6.11. The van der Waals surface area contributed by atoms with Crippen LogP contribution >= 0.6 is 0 Å². The molecule has 61 heavy (non-hydrogen) atoms. The number of hydrogen-bond acceptors (Lipinski definition) is 4. The number of para-hydroxylation sites is 2. The van der Waals surface area contributed by atoms with E-state index in [0.717, 1.165) is 77.7 Å². The molecule has 0 saturated heterocycles. The number of nitrogens with zero attached hydrogens (tertiary/aromatic N) is 3. The molecule has 10 aromatic rings. The van der Waals surface area contributed by atoms with E-state index in [1.54, 1.807) is 6.07 Å². The number of rotatable bonds is 6. The van der Waals surface area contributed by atoms with Crippen LogP contribution in [0, 0.1) is 0 Å². The highest BCUT2D eigenvalue weighted by Crippen LogP contribution is 2.46. The number of fused-ring (bicyclic) bond motifs is 4. The Hall–Kier alpha value is -7.24. The molecule has 0 fully saturated rings. The van der Waals surface area contributed by atoms with Crippen LogP contribution in [0.4, 0.5) is 0 Å². The first-order valence-corrected chi connectivity index (χ1v) is 21.0. The number of hydrogen-bond donors (Lipinski definition) is 1. The highest BCUT2D eigenvalue weighted by Gasteiger charge is 2.27. The first kappa shape index (κ1) is 38.0. The summed E-state index contributed by atoms with van der Waals surface area (Å²) in [6.45, 7) is 13.5. The van der Waals surface area contributed by atoms with Gasteiger partial charge in [0.15, 0.2) is 5.82 Å². The van der Waals surface area contributed by atoms with Gasteiger partial charge < -0.3 is 9.52 Å². The quantitative estimate of drug-likeness (QED) is 0.182. The fourth-order valence-electron chi connectivity index (χ4n) is 8.55. The minimum absolute atomic E-state index is 0.0849. The average Bonchev–Trinajstić information content (AvgIpc) is 3.84. The molecule has 3 aromatic heterocycles. The number of benzene rings is 7. The van der Waals surface area contributed by atoms with E-state index in [1.807, 2.05) is 36.5 Å². The van der Waals surface area contributed by atoms with Crippen molar-refractivity contribution in [2.75, 3.05) is 0 Å². The maximum absolute atomic E-state index is 12.0. The molecule has 0 bridgehead atoms. The van der Waals surface area contributed by atoms with E-state index in [0.29, 0.717) is 17.0 Å². The van der Waals surface area contributed by atoms with Crippen molar-refractivity contribution in [2.45, 2.75) is 52.4 Å². The lowest BCUT2D eigenvalue weighted by Gasteiger charge is -2.23. The summed E-state index contributed by atoms with van der Waals surface area (Å²) < 4.78 is 8.86. The Kier molecular flexibility index (Phi) is 9.03. The molecule has 3 heterocycles. The van der Waals surface area contributed by atoms with Gasteiger partial charge in [0, 0.05) is 33.7 Å². The van der Waals surface area contributed by atoms with Crippen LogP contribution in [0.3, 0.4) is 0 Å². The molecule has 0 atom stereocenters. The lowest BCUT2D eigenvalue weighted by molar-refractivity contribution is 0.476. The SMILES string of the molecule is CC(C)(C)c1cc(-c2cc(-c3ccccc3)ccn2)cc(-c2cccc3c2nc(-c2c(O)ccc4c2oc2ccccc24)n3-c2ccc(C(C)(C)C)cc2-c2ccccc2)c1. The molecule has 0 saturated carbocycles. The Morgan fingerprint density at radius 3 is 1.98 bits per heavy atom. The molecule has 298 valence electrons. The lowest BCUT2D eigenvalue weighted by atomic mass is 9.83. The Morgan fingerprint density at radius 2 is 1.23 bits per heavy atom. The van der Waals surface area contributed by atoms with Crippen molar-refractivity contribution < 1.29 is 9.52 Å². The average molecular weight is 794 g/mol. The van der Waals surface area contributed by atoms with Gasteiger partial charge in [0.1, 0.15) is 22.5 Å². The van der Waals surface area contributed by atoms with E-state index in [9.17, 15) is 5.11 Å². The Bertz CT molecular complexity index is 3270. The van der Waals surface area contributed by atoms with Crippen molar-refractivity contribution in [3.05, 3.63) is 181 Å². The second-order valence-corrected chi connectivity index (χ2v) is 18.1. The van der Waals surface area contributed by atoms with Crippen molar-refractivity contribution in [1.82, 2.24) is 14.5 Å². The van der Waals surface area contributed by atoms with E-state index < -0.39 is 0 Å². The molecule has 0 radical (unpaired) electrons. The zero-order chi connectivity index (χ0) is 42.0. The first-order valence-electron chi connectivity index (χ1n) is 21.0. The summed E-state index contributed by atoms with van der Waals surface area (Å²) in [5.74, 6) is 0.688. The maximum atomic E-state index is 12.0. The topological polar surface area (TPSA) is 64.1 Å². The highest BCUT2D eigenvalue weighted by atomic mass is 16.3. The fourth-order valence-corrected chi connectivity index (χ4v) is 8.55. The number of imidazole rings is 1. The lowest BCUT2D eigenvalue weighted by Crippen LogP contribution is -2.12. The number of pyridine rings is 1. The molecule has 7 aromatic carbocycles. The van der Waals surface area contributed by atoms with Gasteiger partial charge in [-0.05, 0) is 105 Å². The van der Waals surface area contributed by atoms with Crippen LogP contribution in [-0.4, -0.2) is 19.6 Å². The van der Waals surface area contributed by atoms with Gasteiger partial charge in [-0.1, -0.05) is 145 Å². The van der Waals surface area contributed by atoms with Gasteiger partial charge in [-0.3, -0.25) is 9.55 Å². The maximum Gasteiger partial charge on any atom is 0.153 e. The van der Waals surface area contributed by atoms with E-state index in [2.05, 4.69) is 174 Å². The second kappa shape index (κ2) is 14.5. The van der Waals surface area contributed by atoms with Crippen LogP contribution in [0.1, 0.15) is 52.7 Å². The zero-order valence-corrected chi connectivity index (χ0v) is 35.4. The summed E-state index contributed by atoms with van der Waals surface area (Å²) in [7, 11) is 0. The summed E-state index contributed by atoms with van der Waals surface area (Å²) in [6, 6.07) is 56.9. The van der Waals surface area contributed by atoms with E-state index >= 15 is 0 Å². The molecule has 0 spiro atoms. The predicted molar refractivity (Wildman–Crippen MR) is 252 cm³/mol. The van der Waals surface area contributed by atoms with Crippen molar-refractivity contribution in [3.8, 4) is 67.5 Å². The van der Waals surface area contributed by atoms with Crippen LogP contribution in [0.5, 0.6) is 5.75 Å². The molecule has 0 aliphatic heterocycles. The van der Waals surface area contributed by atoms with Crippen LogP contribution in [0.2, 0.25) is 0 Å². The molecule has 5 nitrogen and oxygen atoms in total. The van der Waals surface area contributed by atoms with Crippen molar-refractivity contribution in [1.29, 1.82) is 0 Å². The van der Waals surface area contributed by atoms with Gasteiger partial charge in [-0.2, -0.15) is 0 Å². The zero-order valence-electron chi connectivity index (χ0n) is 35.4. The van der Waals surface area contributed by atoms with Crippen molar-refractivity contribution >= 4 is 33.0 Å². The summed E-state index contributed by atoms with van der Waals surface area (Å²) >= 11 is 0. The van der Waals surface area contributed by atoms with Gasteiger partial charge in [-0.25, -0.2) is 4.98 Å². The summed E-state index contributed by atoms with van der Waals surface area (Å²) in [5, 5.41) is 13.9. The molecular formula is C56H47N3O2. The van der Waals surface area contributed by atoms with Gasteiger partial charge in [-0.15, -0.1) is 0 Å². The van der Waals surface area contributed by atoms with E-state index in [1.165, 1.54) is 11.1 Å². The number of phenolic OH excluding ortho intramolecular Hbond substituents is 1. The fraction of sp³-hybridized carbons (Fsp3) is 0.143. The number of aromatic hydroxyl groups is 1. The number of furan rings is 1. The standard InChI is InChI=1S/C56H47N3O2/c1-55(2,3)40-24-26-47(45(34-40)36-18-11-8-12-19-36)59-48-22-15-21-42(52(48)58-54(59)51-49(60)27-25-44-43-20-13-14-23-50(43)61-53(44)51)38-30-39(32-41(31-38)56(4,5)6)46-33-37(28-29-57-46)35-16-9-7-10-17-35/h7-34,60H,1-6H3. The Morgan fingerprint density at radius 1 is 0.525 bits per heavy atom. The van der Waals surface area contributed by atoms with Crippen LogP contribution < -0.4 is 0 Å². The Labute approximate surface area is 356 Å². The van der Waals surface area contributed by atoms with Crippen LogP contribution in [0.15, 0.2) is 174 Å². The number of phenols is 1. The molecule has 5 heteroatoms. The normalized spacial score (nSPS) is 12.2. The molecule has 0 amide bonds. The monoisotopic (exact) mass is 793 g/mol. The van der Waals surface area contributed by atoms with E-state index in [-0.39, 0.29) is 16.6 Å². The van der Waals surface area contributed by atoms with Gasteiger partial charge in [0.05, 0.1) is 22.4 Å². The third-order valence-corrected chi connectivity index (χ3v) is 11.9. The number of aromatic nitrogens is 3. The Balaban J connectivity index is 1.28. The first-order chi connectivity index (χ1) is 29.4. The minimum atomic E-state index is -0.150. The smallest absolute Gasteiger partial charge is 0.153 e. The molecule has 10 rings (SSSR count). The molecule has 0 aliphatic rings. The third-order valence-electron chi connectivity index (χ3n) is 11.9. The summed E-state index contributed by atoms with van der Waals surface area (Å²) in [6.07, 6.45) is 1.90. The molecule has 0 unspecified atom stereocenters. The molecule has 1 N–H and O–H groups in total. The molecular weight excluding hydrogens is 747 g/mol. The van der Waals surface area contributed by atoms with Gasteiger partial charge >= 0.3 is 0 Å². The summed E-state index contributed by atoms with van der Waals surface area (Å²) in [5.41, 5.74) is 15.1. The van der Waals surface area contributed by atoms with E-state index in [4.69, 9.17) is 14.4 Å². The predicted octanol–water partition coefficient (Wildman–Crippen LogP) is 15.0. The van der Waals surface area contributed by atoms with Crippen LogP contribution in [0.25, 0.3) is 94.7 Å². The van der Waals surface area contributed by atoms with Crippen LogP contribution in [-0.2, 0) is 10.8 Å². The van der Waals surface area contributed by atoms with Crippen molar-refractivity contribution in [2.24, 2.45) is 0 Å². The minimum Gasteiger partial charge on any atom is -0.507 e.